The summed E-state index contributed by atoms with van der Waals surface area (Å²) in [4.78, 5) is 16.1. The number of hydrogen-bond donors (Lipinski definition) is 3. The predicted octanol–water partition coefficient (Wildman–Crippen LogP) is 2.78. The molecule has 8 heteroatoms. The lowest BCUT2D eigenvalue weighted by molar-refractivity contribution is 0.414. The Morgan fingerprint density at radius 2 is 2.17 bits per heavy atom. The monoisotopic (exact) mass is 342 g/mol. The van der Waals surface area contributed by atoms with Gasteiger partial charge in [0.05, 0.1) is 25.5 Å². The maximum atomic E-state index is 5.92. The number of nitrogens with one attached hydrogen (secondary N) is 2. The van der Waals surface area contributed by atoms with E-state index in [1.165, 1.54) is 11.3 Å². The lowest BCUT2D eigenvalue weighted by Crippen LogP contribution is -2.22. The molecule has 2 aromatic heterocycles. The number of nitrogens with zero attached hydrogens (tertiary/aromatic N) is 3. The van der Waals surface area contributed by atoms with Gasteiger partial charge < -0.3 is 20.8 Å². The minimum absolute atomic E-state index is 0.326. The number of aryl methyl sites for hydroxylation is 1. The number of aromatic amines is 1. The van der Waals surface area contributed by atoms with Gasteiger partial charge in [-0.25, -0.2) is 15.0 Å². The van der Waals surface area contributed by atoms with E-state index in [9.17, 15) is 0 Å². The molecule has 3 rings (SSSR count). The molecule has 124 valence electrons. The van der Waals surface area contributed by atoms with E-state index in [1.807, 2.05) is 36.6 Å². The second-order valence-corrected chi connectivity index (χ2v) is 5.95. The Bertz CT molecular complexity index is 836. The molecule has 0 amide bonds. The van der Waals surface area contributed by atoms with Gasteiger partial charge in [0.1, 0.15) is 17.3 Å². The van der Waals surface area contributed by atoms with E-state index in [1.54, 1.807) is 13.3 Å². The first-order valence-electron chi connectivity index (χ1n) is 7.31. The predicted molar refractivity (Wildman–Crippen MR) is 96.4 cm³/mol. The molecule has 0 saturated carbocycles. The van der Waals surface area contributed by atoms with Crippen LogP contribution in [0.5, 0.6) is 5.75 Å². The lowest BCUT2D eigenvalue weighted by Gasteiger charge is -2.03. The van der Waals surface area contributed by atoms with Crippen molar-refractivity contribution in [2.24, 2.45) is 10.7 Å². The third-order valence-electron chi connectivity index (χ3n) is 3.31. The molecular formula is C16H18N6OS. The molecule has 0 radical (unpaired) electrons. The van der Waals surface area contributed by atoms with E-state index in [4.69, 9.17) is 10.5 Å². The molecule has 0 spiro atoms. The van der Waals surface area contributed by atoms with Crippen molar-refractivity contribution in [1.29, 1.82) is 0 Å². The number of imidazole rings is 1. The van der Waals surface area contributed by atoms with Crippen LogP contribution in [-0.4, -0.2) is 28.0 Å². The highest BCUT2D eigenvalue weighted by atomic mass is 32.1. The smallest absolute Gasteiger partial charge is 0.195 e. The summed E-state index contributed by atoms with van der Waals surface area (Å²) in [7, 11) is 1.64. The fourth-order valence-corrected chi connectivity index (χ4v) is 2.78. The summed E-state index contributed by atoms with van der Waals surface area (Å²) in [6, 6.07) is 7.71. The maximum Gasteiger partial charge on any atom is 0.195 e. The zero-order chi connectivity index (χ0) is 16.9. The number of rotatable bonds is 5. The Kier molecular flexibility index (Phi) is 4.76. The van der Waals surface area contributed by atoms with Crippen molar-refractivity contribution < 1.29 is 4.74 Å². The van der Waals surface area contributed by atoms with Crippen molar-refractivity contribution in [2.75, 3.05) is 12.4 Å². The first-order chi connectivity index (χ1) is 11.6. The number of methoxy groups -OCH3 is 1. The van der Waals surface area contributed by atoms with Gasteiger partial charge in [0.2, 0.25) is 0 Å². The summed E-state index contributed by atoms with van der Waals surface area (Å²) in [5.41, 5.74) is 8.68. The molecule has 1 aromatic carbocycles. The molecule has 0 bridgehead atoms. The molecule has 0 aliphatic carbocycles. The summed E-state index contributed by atoms with van der Waals surface area (Å²) in [5.74, 6) is 2.00. The van der Waals surface area contributed by atoms with Crippen LogP contribution >= 0.6 is 11.3 Å². The Hall–Kier alpha value is -2.87. The van der Waals surface area contributed by atoms with Gasteiger partial charge in [-0.2, -0.15) is 0 Å². The van der Waals surface area contributed by atoms with Crippen LogP contribution in [0.2, 0.25) is 0 Å². The molecule has 4 N–H and O–H groups in total. The van der Waals surface area contributed by atoms with Gasteiger partial charge in [-0.1, -0.05) is 12.1 Å². The van der Waals surface area contributed by atoms with Crippen molar-refractivity contribution in [3.8, 4) is 17.1 Å². The summed E-state index contributed by atoms with van der Waals surface area (Å²) in [5, 5.41) is 5.63. The van der Waals surface area contributed by atoms with Crippen LogP contribution in [0.1, 0.15) is 11.4 Å². The Balaban J connectivity index is 1.61. The van der Waals surface area contributed by atoms with Gasteiger partial charge >= 0.3 is 0 Å². The summed E-state index contributed by atoms with van der Waals surface area (Å²) < 4.78 is 5.13. The molecular weight excluding hydrogens is 324 g/mol. The number of ether oxygens (including phenoxy) is 1. The lowest BCUT2D eigenvalue weighted by atomic mass is 10.2. The fraction of sp³-hybridized carbons (Fsp3) is 0.188. The molecule has 7 nitrogen and oxygen atoms in total. The number of benzene rings is 1. The van der Waals surface area contributed by atoms with E-state index in [2.05, 4.69) is 25.3 Å². The van der Waals surface area contributed by atoms with Crippen LogP contribution < -0.4 is 15.8 Å². The van der Waals surface area contributed by atoms with Gasteiger partial charge in [-0.3, -0.25) is 0 Å². The first-order valence-corrected chi connectivity index (χ1v) is 8.19. The van der Waals surface area contributed by atoms with Crippen LogP contribution in [0.4, 0.5) is 5.13 Å². The number of aromatic nitrogens is 3. The average molecular weight is 342 g/mol. The molecule has 24 heavy (non-hydrogen) atoms. The first kappa shape index (κ1) is 16.0. The zero-order valence-corrected chi connectivity index (χ0v) is 14.2. The highest BCUT2D eigenvalue weighted by Crippen LogP contribution is 2.23. The second-order valence-electron chi connectivity index (χ2n) is 5.09. The summed E-state index contributed by atoms with van der Waals surface area (Å²) >= 11 is 1.46. The molecule has 0 fully saturated rings. The van der Waals surface area contributed by atoms with E-state index < -0.39 is 0 Å². The fourth-order valence-electron chi connectivity index (χ4n) is 2.06. The van der Waals surface area contributed by atoms with Crippen LogP contribution in [0.25, 0.3) is 11.4 Å². The van der Waals surface area contributed by atoms with Gasteiger partial charge in [-0.15, -0.1) is 11.3 Å². The number of hydrogen-bond acceptors (Lipinski definition) is 5. The van der Waals surface area contributed by atoms with Crippen molar-refractivity contribution in [3.63, 3.8) is 0 Å². The summed E-state index contributed by atoms with van der Waals surface area (Å²) in [6.07, 6.45) is 1.76. The third kappa shape index (κ3) is 3.90. The number of aliphatic imine (C=N–C) groups is 1. The topological polar surface area (TPSA) is 101 Å². The van der Waals surface area contributed by atoms with Crippen molar-refractivity contribution in [2.45, 2.75) is 13.5 Å². The van der Waals surface area contributed by atoms with Gasteiger partial charge in [-0.05, 0) is 24.6 Å². The van der Waals surface area contributed by atoms with Gasteiger partial charge in [0.25, 0.3) is 0 Å². The molecule has 3 aromatic rings. The van der Waals surface area contributed by atoms with E-state index >= 15 is 0 Å². The Labute approximate surface area is 143 Å². The minimum atomic E-state index is 0.326. The van der Waals surface area contributed by atoms with Crippen molar-refractivity contribution >= 4 is 22.4 Å². The van der Waals surface area contributed by atoms with Crippen molar-refractivity contribution in [1.82, 2.24) is 15.0 Å². The molecule has 0 aliphatic heterocycles. The third-order valence-corrected chi connectivity index (χ3v) is 4.07. The number of anilines is 1. The van der Waals surface area contributed by atoms with E-state index in [0.717, 1.165) is 28.5 Å². The zero-order valence-electron chi connectivity index (χ0n) is 13.4. The van der Waals surface area contributed by atoms with Crippen molar-refractivity contribution in [3.05, 3.63) is 47.2 Å². The van der Waals surface area contributed by atoms with Crippen LogP contribution in [0.3, 0.4) is 0 Å². The standard InChI is InChI=1S/C16H18N6OS/c1-10-18-8-13(20-10)14-9-24-16(21-14)22-15(17)19-7-11-3-5-12(23-2)6-4-11/h3-6,8-9H,7H2,1-2H3,(H,18,20)(H3,17,19,21,22). The van der Waals surface area contributed by atoms with Gasteiger partial charge in [0, 0.05) is 5.38 Å². The SMILES string of the molecule is COc1ccc(CN=C(N)Nc2nc(-c3cnc(C)[nH]3)cs2)cc1. The normalized spacial score (nSPS) is 11.5. The summed E-state index contributed by atoms with van der Waals surface area (Å²) in [6.45, 7) is 2.39. The van der Waals surface area contributed by atoms with Crippen LogP contribution in [-0.2, 0) is 6.54 Å². The molecule has 2 heterocycles. The number of nitrogens with two attached hydrogens (primary N) is 1. The number of thiazole rings is 1. The highest BCUT2D eigenvalue weighted by molar-refractivity contribution is 7.14. The van der Waals surface area contributed by atoms with E-state index in [-0.39, 0.29) is 0 Å². The molecule has 0 unspecified atom stereocenters. The maximum absolute atomic E-state index is 5.92. The van der Waals surface area contributed by atoms with Crippen LogP contribution in [0.15, 0.2) is 40.8 Å². The molecule has 0 aliphatic rings. The second kappa shape index (κ2) is 7.14. The van der Waals surface area contributed by atoms with Crippen LogP contribution in [0, 0.1) is 6.92 Å². The minimum Gasteiger partial charge on any atom is -0.497 e. The molecule has 0 atom stereocenters. The number of guanidine groups is 1. The molecule has 0 saturated heterocycles. The van der Waals surface area contributed by atoms with Gasteiger partial charge in [0.15, 0.2) is 11.1 Å². The number of H-pyrrole nitrogens is 1. The van der Waals surface area contributed by atoms with E-state index in [0.29, 0.717) is 17.6 Å². The highest BCUT2D eigenvalue weighted by Gasteiger charge is 2.07. The Morgan fingerprint density at radius 3 is 2.83 bits per heavy atom. The quantitative estimate of drug-likeness (QED) is 0.489. The Morgan fingerprint density at radius 1 is 1.38 bits per heavy atom. The largest absolute Gasteiger partial charge is 0.497 e. The average Bonchev–Trinajstić information content (AvgIpc) is 3.22.